The number of benzene rings is 1. The Morgan fingerprint density at radius 3 is 2.29 bits per heavy atom. The molecule has 0 aliphatic carbocycles. The summed E-state index contributed by atoms with van der Waals surface area (Å²) in [5.74, 6) is -0.582. The Balaban J connectivity index is 1.92. The number of amides is 1. The molecule has 7 heteroatoms. The second-order valence-corrected chi connectivity index (χ2v) is 5.43. The molecule has 1 amide bonds. The third-order valence-corrected chi connectivity index (χ3v) is 3.24. The van der Waals surface area contributed by atoms with Crippen LogP contribution in [0.3, 0.4) is 0 Å². The van der Waals surface area contributed by atoms with E-state index in [1.807, 2.05) is 19.9 Å². The lowest BCUT2D eigenvalue weighted by Gasteiger charge is -2.08. The van der Waals surface area contributed by atoms with Crippen molar-refractivity contribution in [3.63, 3.8) is 0 Å². The number of hydrogen-bond donors (Lipinski definition) is 3. The van der Waals surface area contributed by atoms with Gasteiger partial charge in [0.15, 0.2) is 0 Å². The molecule has 1 heterocycles. The van der Waals surface area contributed by atoms with E-state index in [0.29, 0.717) is 24.5 Å². The number of carbonyl (C=O) groups is 2. The summed E-state index contributed by atoms with van der Waals surface area (Å²) < 4.78 is 0. The van der Waals surface area contributed by atoms with Crippen molar-refractivity contribution in [3.8, 4) is 0 Å². The van der Waals surface area contributed by atoms with Crippen molar-refractivity contribution in [2.24, 2.45) is 0 Å². The largest absolute Gasteiger partial charge is 0.481 e. The van der Waals surface area contributed by atoms with Crippen LogP contribution in [0.4, 0.5) is 11.6 Å². The Bertz CT molecular complexity index is 709. The van der Waals surface area contributed by atoms with Crippen molar-refractivity contribution in [2.45, 2.75) is 26.7 Å². The molecule has 1 aromatic carbocycles. The van der Waals surface area contributed by atoms with E-state index in [9.17, 15) is 9.59 Å². The summed E-state index contributed by atoms with van der Waals surface area (Å²) in [4.78, 5) is 31.0. The van der Waals surface area contributed by atoms with Crippen molar-refractivity contribution < 1.29 is 14.7 Å². The first-order chi connectivity index (χ1) is 11.4. The van der Waals surface area contributed by atoms with Gasteiger partial charge in [-0.3, -0.25) is 9.59 Å². The minimum Gasteiger partial charge on any atom is -0.481 e. The highest BCUT2D eigenvalue weighted by Gasteiger charge is 2.06. The molecule has 0 saturated carbocycles. The van der Waals surface area contributed by atoms with Gasteiger partial charge in [0, 0.05) is 35.6 Å². The highest BCUT2D eigenvalue weighted by Crippen LogP contribution is 2.15. The monoisotopic (exact) mass is 328 g/mol. The van der Waals surface area contributed by atoms with Crippen molar-refractivity contribution in [2.75, 3.05) is 11.9 Å². The summed E-state index contributed by atoms with van der Waals surface area (Å²) >= 11 is 0. The summed E-state index contributed by atoms with van der Waals surface area (Å²) in [6.45, 7) is 4.14. The van der Waals surface area contributed by atoms with Crippen molar-refractivity contribution >= 4 is 23.5 Å². The molecule has 0 aliphatic rings. The summed E-state index contributed by atoms with van der Waals surface area (Å²) in [5, 5.41) is 14.3. The SMILES string of the molecule is Cc1cc(C)nc(Nc2ccc(C(=O)NCCCC(=O)O)cc2)n1. The number of aromatic nitrogens is 2. The third-order valence-electron chi connectivity index (χ3n) is 3.24. The smallest absolute Gasteiger partial charge is 0.303 e. The average molecular weight is 328 g/mol. The minimum atomic E-state index is -0.867. The molecular formula is C17H20N4O3. The maximum Gasteiger partial charge on any atom is 0.303 e. The van der Waals surface area contributed by atoms with E-state index >= 15 is 0 Å². The van der Waals surface area contributed by atoms with Gasteiger partial charge in [0.25, 0.3) is 5.91 Å². The Kier molecular flexibility index (Phi) is 5.83. The van der Waals surface area contributed by atoms with E-state index in [-0.39, 0.29) is 12.3 Å². The molecular weight excluding hydrogens is 308 g/mol. The van der Waals surface area contributed by atoms with Gasteiger partial charge in [-0.2, -0.15) is 0 Å². The van der Waals surface area contributed by atoms with E-state index < -0.39 is 5.97 Å². The van der Waals surface area contributed by atoms with Gasteiger partial charge >= 0.3 is 5.97 Å². The van der Waals surface area contributed by atoms with Crippen LogP contribution in [0.15, 0.2) is 30.3 Å². The molecule has 0 bridgehead atoms. The number of carboxylic acid groups (broad SMARTS) is 1. The summed E-state index contributed by atoms with van der Waals surface area (Å²) in [6, 6.07) is 8.82. The molecule has 7 nitrogen and oxygen atoms in total. The molecule has 0 saturated heterocycles. The Morgan fingerprint density at radius 2 is 1.71 bits per heavy atom. The second-order valence-electron chi connectivity index (χ2n) is 5.43. The van der Waals surface area contributed by atoms with Crippen LogP contribution >= 0.6 is 0 Å². The van der Waals surface area contributed by atoms with Gasteiger partial charge in [-0.15, -0.1) is 0 Å². The number of nitrogens with one attached hydrogen (secondary N) is 2. The van der Waals surface area contributed by atoms with Crippen molar-refractivity contribution in [3.05, 3.63) is 47.3 Å². The highest BCUT2D eigenvalue weighted by molar-refractivity contribution is 5.94. The minimum absolute atomic E-state index is 0.0407. The average Bonchev–Trinajstić information content (AvgIpc) is 2.51. The normalized spacial score (nSPS) is 10.2. The van der Waals surface area contributed by atoms with Gasteiger partial charge < -0.3 is 15.7 Å². The Labute approximate surface area is 140 Å². The Morgan fingerprint density at radius 1 is 1.08 bits per heavy atom. The van der Waals surface area contributed by atoms with Crippen molar-refractivity contribution in [1.29, 1.82) is 0 Å². The van der Waals surface area contributed by atoms with Gasteiger partial charge in [-0.25, -0.2) is 9.97 Å². The molecule has 126 valence electrons. The number of nitrogens with zero attached hydrogens (tertiary/aromatic N) is 2. The quantitative estimate of drug-likeness (QED) is 0.674. The molecule has 0 unspecified atom stereocenters. The number of aliphatic carboxylic acids is 1. The first-order valence-corrected chi connectivity index (χ1v) is 7.63. The molecule has 0 fully saturated rings. The van der Waals surface area contributed by atoms with Crippen LogP contribution in [0.5, 0.6) is 0 Å². The number of anilines is 2. The number of hydrogen-bond acceptors (Lipinski definition) is 5. The zero-order valence-electron chi connectivity index (χ0n) is 13.7. The Hall–Kier alpha value is -2.96. The van der Waals surface area contributed by atoms with E-state index in [1.165, 1.54) is 0 Å². The molecule has 3 N–H and O–H groups in total. The van der Waals surface area contributed by atoms with Crippen LogP contribution in [0.1, 0.15) is 34.6 Å². The van der Waals surface area contributed by atoms with Crippen LogP contribution < -0.4 is 10.6 Å². The van der Waals surface area contributed by atoms with Crippen LogP contribution in [0.25, 0.3) is 0 Å². The first-order valence-electron chi connectivity index (χ1n) is 7.63. The lowest BCUT2D eigenvalue weighted by atomic mass is 10.2. The van der Waals surface area contributed by atoms with Crippen LogP contribution in [0.2, 0.25) is 0 Å². The first kappa shape index (κ1) is 17.4. The molecule has 0 aliphatic heterocycles. The van der Waals surface area contributed by atoms with Crippen LogP contribution in [0, 0.1) is 13.8 Å². The number of carboxylic acids is 1. The van der Waals surface area contributed by atoms with Gasteiger partial charge in [0.1, 0.15) is 0 Å². The van der Waals surface area contributed by atoms with E-state index in [0.717, 1.165) is 17.1 Å². The number of carbonyl (C=O) groups excluding carboxylic acids is 1. The second kappa shape index (κ2) is 8.05. The molecule has 24 heavy (non-hydrogen) atoms. The third kappa shape index (κ3) is 5.35. The fourth-order valence-corrected chi connectivity index (χ4v) is 2.16. The maximum atomic E-state index is 11.9. The van der Waals surface area contributed by atoms with Gasteiger partial charge in [0.05, 0.1) is 0 Å². The topological polar surface area (TPSA) is 104 Å². The van der Waals surface area contributed by atoms with E-state index in [4.69, 9.17) is 5.11 Å². The predicted molar refractivity (Wildman–Crippen MR) is 90.4 cm³/mol. The van der Waals surface area contributed by atoms with Crippen molar-refractivity contribution in [1.82, 2.24) is 15.3 Å². The summed E-state index contributed by atoms with van der Waals surface area (Å²) in [7, 11) is 0. The molecule has 0 spiro atoms. The summed E-state index contributed by atoms with van der Waals surface area (Å²) in [5.41, 5.74) is 3.05. The molecule has 0 radical (unpaired) electrons. The molecule has 1 aromatic heterocycles. The van der Waals surface area contributed by atoms with Gasteiger partial charge in [0.2, 0.25) is 5.95 Å². The number of rotatable bonds is 7. The van der Waals surface area contributed by atoms with Gasteiger partial charge in [-0.05, 0) is 50.6 Å². The fraction of sp³-hybridized carbons (Fsp3) is 0.294. The molecule has 0 atom stereocenters. The summed E-state index contributed by atoms with van der Waals surface area (Å²) in [6.07, 6.45) is 0.448. The fourth-order valence-electron chi connectivity index (χ4n) is 2.16. The standard InChI is InChI=1S/C17H20N4O3/c1-11-10-12(2)20-17(19-11)21-14-7-5-13(6-8-14)16(24)18-9-3-4-15(22)23/h5-8,10H,3-4,9H2,1-2H3,(H,18,24)(H,22,23)(H,19,20,21). The van der Waals surface area contributed by atoms with E-state index in [1.54, 1.807) is 24.3 Å². The van der Waals surface area contributed by atoms with E-state index in [2.05, 4.69) is 20.6 Å². The van der Waals surface area contributed by atoms with Crippen LogP contribution in [-0.2, 0) is 4.79 Å². The molecule has 2 aromatic rings. The molecule has 2 rings (SSSR count). The highest BCUT2D eigenvalue weighted by atomic mass is 16.4. The number of aryl methyl sites for hydroxylation is 2. The van der Waals surface area contributed by atoms with Crippen LogP contribution in [-0.4, -0.2) is 33.5 Å². The van der Waals surface area contributed by atoms with Gasteiger partial charge in [-0.1, -0.05) is 0 Å². The zero-order valence-corrected chi connectivity index (χ0v) is 13.7. The lowest BCUT2D eigenvalue weighted by molar-refractivity contribution is -0.137. The maximum absolute atomic E-state index is 11.9. The lowest BCUT2D eigenvalue weighted by Crippen LogP contribution is -2.24. The predicted octanol–water partition coefficient (Wildman–Crippen LogP) is 2.43. The zero-order chi connectivity index (χ0) is 17.5.